The Morgan fingerprint density at radius 3 is 2.09 bits per heavy atom. The Morgan fingerprint density at radius 1 is 0.826 bits per heavy atom. The lowest BCUT2D eigenvalue weighted by molar-refractivity contribution is 0.501. The molecular formula is C20H21O2P. The molecular weight excluding hydrogens is 303 g/mol. The van der Waals surface area contributed by atoms with E-state index in [1.165, 1.54) is 0 Å². The van der Waals surface area contributed by atoms with Crippen LogP contribution in [0.15, 0.2) is 66.7 Å². The predicted octanol–water partition coefficient (Wildman–Crippen LogP) is 4.36. The van der Waals surface area contributed by atoms with E-state index in [4.69, 9.17) is 0 Å². The molecule has 0 amide bonds. The monoisotopic (exact) mass is 324 g/mol. The first-order chi connectivity index (χ1) is 10.8. The van der Waals surface area contributed by atoms with Crippen LogP contribution in [-0.4, -0.2) is 4.89 Å². The second kappa shape index (κ2) is 5.63. The van der Waals surface area contributed by atoms with Gasteiger partial charge >= 0.3 is 0 Å². The molecule has 0 aliphatic rings. The van der Waals surface area contributed by atoms with Crippen LogP contribution in [0.3, 0.4) is 0 Å². The molecule has 0 spiro atoms. The summed E-state index contributed by atoms with van der Waals surface area (Å²) < 4.78 is 13.1. The van der Waals surface area contributed by atoms with Crippen LogP contribution in [0.1, 0.15) is 26.3 Å². The highest BCUT2D eigenvalue weighted by Gasteiger charge is 2.26. The van der Waals surface area contributed by atoms with Crippen LogP contribution >= 0.6 is 7.37 Å². The van der Waals surface area contributed by atoms with Gasteiger partial charge in [0, 0.05) is 10.6 Å². The molecule has 3 aromatic carbocycles. The third-order valence-corrected chi connectivity index (χ3v) is 6.22. The Hall–Kier alpha value is -1.89. The molecule has 1 N–H and O–H groups in total. The van der Waals surface area contributed by atoms with Crippen molar-refractivity contribution < 1.29 is 9.46 Å². The van der Waals surface area contributed by atoms with Crippen LogP contribution in [0.25, 0.3) is 10.8 Å². The molecule has 0 radical (unpaired) electrons. The number of fused-ring (bicyclic) bond motifs is 1. The minimum absolute atomic E-state index is 0.0252. The molecule has 118 valence electrons. The zero-order chi connectivity index (χ0) is 16.7. The van der Waals surface area contributed by atoms with Gasteiger partial charge in [-0.05, 0) is 39.9 Å². The lowest BCUT2D eigenvalue weighted by Gasteiger charge is -2.20. The van der Waals surface area contributed by atoms with Gasteiger partial charge in [-0.25, -0.2) is 0 Å². The summed E-state index contributed by atoms with van der Waals surface area (Å²) in [7, 11) is -3.61. The minimum atomic E-state index is -3.61. The van der Waals surface area contributed by atoms with E-state index in [1.54, 1.807) is 18.2 Å². The highest BCUT2D eigenvalue weighted by molar-refractivity contribution is 7.74. The first kappa shape index (κ1) is 16.0. The zero-order valence-electron chi connectivity index (χ0n) is 13.7. The Balaban J connectivity index is 2.12. The van der Waals surface area contributed by atoms with E-state index in [9.17, 15) is 9.46 Å². The second-order valence-corrected chi connectivity index (χ2v) is 9.02. The fraction of sp³-hybridized carbons (Fsp3) is 0.200. The van der Waals surface area contributed by atoms with Crippen molar-refractivity contribution >= 4 is 28.8 Å². The molecule has 1 atom stereocenters. The van der Waals surface area contributed by atoms with Gasteiger partial charge in [0.15, 0.2) is 0 Å². The number of hydrogen-bond donors (Lipinski definition) is 1. The van der Waals surface area contributed by atoms with Gasteiger partial charge in [-0.1, -0.05) is 69.3 Å². The molecule has 0 aliphatic heterocycles. The molecule has 1 unspecified atom stereocenters. The molecule has 0 aliphatic carbocycles. The fourth-order valence-electron chi connectivity index (χ4n) is 2.78. The quantitative estimate of drug-likeness (QED) is 0.711. The van der Waals surface area contributed by atoms with Gasteiger partial charge in [-0.3, -0.25) is 4.57 Å². The molecule has 0 fully saturated rings. The Kier molecular flexibility index (Phi) is 3.91. The van der Waals surface area contributed by atoms with E-state index in [-0.39, 0.29) is 5.41 Å². The Morgan fingerprint density at radius 2 is 1.43 bits per heavy atom. The Bertz CT molecular complexity index is 884. The van der Waals surface area contributed by atoms with E-state index in [0.717, 1.165) is 16.3 Å². The van der Waals surface area contributed by atoms with Crippen molar-refractivity contribution in [2.24, 2.45) is 0 Å². The lowest BCUT2D eigenvalue weighted by Crippen LogP contribution is -2.18. The average Bonchev–Trinajstić information content (AvgIpc) is 2.53. The van der Waals surface area contributed by atoms with Gasteiger partial charge in [0.25, 0.3) is 7.37 Å². The summed E-state index contributed by atoms with van der Waals surface area (Å²) in [5.41, 5.74) is 1.18. The van der Waals surface area contributed by atoms with E-state index in [0.29, 0.717) is 10.6 Å². The first-order valence-electron chi connectivity index (χ1n) is 7.72. The van der Waals surface area contributed by atoms with Crippen LogP contribution in [0, 0.1) is 0 Å². The van der Waals surface area contributed by atoms with Crippen LogP contribution in [0.2, 0.25) is 0 Å². The van der Waals surface area contributed by atoms with Crippen molar-refractivity contribution in [2.45, 2.75) is 26.2 Å². The molecule has 0 saturated carbocycles. The van der Waals surface area contributed by atoms with E-state index in [2.05, 4.69) is 20.8 Å². The van der Waals surface area contributed by atoms with Gasteiger partial charge in [0.2, 0.25) is 0 Å². The van der Waals surface area contributed by atoms with Crippen molar-refractivity contribution in [2.75, 3.05) is 0 Å². The summed E-state index contributed by atoms with van der Waals surface area (Å²) in [6.45, 7) is 6.39. The smallest absolute Gasteiger partial charge is 0.259 e. The van der Waals surface area contributed by atoms with Crippen molar-refractivity contribution in [3.8, 4) is 0 Å². The number of benzene rings is 3. The summed E-state index contributed by atoms with van der Waals surface area (Å²) in [5.74, 6) is 0. The summed E-state index contributed by atoms with van der Waals surface area (Å²) in [4.78, 5) is 10.8. The maximum absolute atomic E-state index is 13.1. The maximum Gasteiger partial charge on any atom is 0.259 e. The highest BCUT2D eigenvalue weighted by atomic mass is 31.2. The molecule has 0 heterocycles. The summed E-state index contributed by atoms with van der Waals surface area (Å²) in [6.07, 6.45) is 0. The third-order valence-electron chi connectivity index (χ3n) is 4.18. The molecule has 3 aromatic rings. The van der Waals surface area contributed by atoms with Crippen molar-refractivity contribution in [3.05, 3.63) is 72.3 Å². The predicted molar refractivity (Wildman–Crippen MR) is 98.2 cm³/mol. The van der Waals surface area contributed by atoms with Crippen LogP contribution in [0.5, 0.6) is 0 Å². The van der Waals surface area contributed by atoms with Gasteiger partial charge in [-0.2, -0.15) is 0 Å². The summed E-state index contributed by atoms with van der Waals surface area (Å²) in [5, 5.41) is 2.78. The van der Waals surface area contributed by atoms with Crippen molar-refractivity contribution in [1.29, 1.82) is 0 Å². The molecule has 0 aromatic heterocycles. The number of hydrogen-bond acceptors (Lipinski definition) is 1. The van der Waals surface area contributed by atoms with Gasteiger partial charge in [0.05, 0.1) is 0 Å². The topological polar surface area (TPSA) is 37.3 Å². The van der Waals surface area contributed by atoms with Gasteiger partial charge < -0.3 is 4.89 Å². The van der Waals surface area contributed by atoms with Crippen molar-refractivity contribution in [1.82, 2.24) is 0 Å². The molecule has 2 nitrogen and oxygen atoms in total. The molecule has 0 bridgehead atoms. The standard InChI is InChI=1S/C20H21O2P/c1-20(2,3)16-11-13-17(14-12-16)23(21,22)19-10-6-8-15-7-4-5-9-18(15)19/h4-14H,1-3H3,(H,21,22). The second-order valence-electron chi connectivity index (χ2n) is 6.87. The highest BCUT2D eigenvalue weighted by Crippen LogP contribution is 2.40. The molecule has 23 heavy (non-hydrogen) atoms. The molecule has 0 saturated heterocycles. The summed E-state index contributed by atoms with van der Waals surface area (Å²) >= 11 is 0. The lowest BCUT2D eigenvalue weighted by atomic mass is 9.87. The van der Waals surface area contributed by atoms with Crippen molar-refractivity contribution in [3.63, 3.8) is 0 Å². The average molecular weight is 324 g/mol. The SMILES string of the molecule is CC(C)(C)c1ccc(P(=O)(O)c2cccc3ccccc23)cc1. The Labute approximate surface area is 137 Å². The van der Waals surface area contributed by atoms with Crippen LogP contribution < -0.4 is 10.6 Å². The normalized spacial score (nSPS) is 14.6. The van der Waals surface area contributed by atoms with E-state index in [1.807, 2.05) is 48.5 Å². The first-order valence-corrected chi connectivity index (χ1v) is 9.38. The largest absolute Gasteiger partial charge is 0.338 e. The summed E-state index contributed by atoms with van der Waals surface area (Å²) in [6, 6.07) is 20.7. The van der Waals surface area contributed by atoms with Crippen LogP contribution in [0.4, 0.5) is 0 Å². The van der Waals surface area contributed by atoms with Gasteiger partial charge in [-0.15, -0.1) is 0 Å². The van der Waals surface area contributed by atoms with Crippen LogP contribution in [-0.2, 0) is 9.98 Å². The molecule has 3 heteroatoms. The molecule has 3 rings (SSSR count). The van der Waals surface area contributed by atoms with E-state index < -0.39 is 7.37 Å². The van der Waals surface area contributed by atoms with E-state index >= 15 is 0 Å². The minimum Gasteiger partial charge on any atom is -0.338 e. The fourth-order valence-corrected chi connectivity index (χ4v) is 4.42. The van der Waals surface area contributed by atoms with Gasteiger partial charge in [0.1, 0.15) is 0 Å². The zero-order valence-corrected chi connectivity index (χ0v) is 14.5. The number of rotatable bonds is 2. The maximum atomic E-state index is 13.1. The third kappa shape index (κ3) is 2.97.